The zero-order valence-electron chi connectivity index (χ0n) is 12.4. The summed E-state index contributed by atoms with van der Waals surface area (Å²) in [6.45, 7) is 0.0415. The molecule has 0 spiro atoms. The highest BCUT2D eigenvalue weighted by Gasteiger charge is 2.56. The van der Waals surface area contributed by atoms with Crippen LogP contribution in [0.1, 0.15) is 24.8 Å². The Balaban J connectivity index is 1.37. The predicted molar refractivity (Wildman–Crippen MR) is 79.6 cm³/mol. The Kier molecular flexibility index (Phi) is 4.43. The van der Waals surface area contributed by atoms with Crippen molar-refractivity contribution in [1.82, 2.24) is 5.32 Å². The minimum atomic E-state index is -1.31. The Hall–Kier alpha value is -1.88. The molecule has 5 nitrogen and oxygen atoms in total. The average Bonchev–Trinajstić information content (AvgIpc) is 3.03. The number of carbonyl (C=O) groups is 2. The molecule has 0 aliphatic heterocycles. The minimum Gasteiger partial charge on any atom is -0.459 e. The van der Waals surface area contributed by atoms with Crippen LogP contribution in [0.2, 0.25) is 0 Å². The number of benzene rings is 1. The van der Waals surface area contributed by atoms with E-state index in [2.05, 4.69) is 5.32 Å². The van der Waals surface area contributed by atoms with E-state index in [4.69, 9.17) is 4.74 Å². The molecule has 1 unspecified atom stereocenters. The number of rotatable bonds is 6. The van der Waals surface area contributed by atoms with E-state index < -0.39 is 12.1 Å². The molecule has 2 saturated carbocycles. The van der Waals surface area contributed by atoms with Gasteiger partial charge in [0.15, 0.2) is 6.10 Å². The first-order chi connectivity index (χ1) is 10.7. The van der Waals surface area contributed by atoms with Crippen LogP contribution in [0, 0.1) is 17.8 Å². The fraction of sp³-hybridized carbons (Fsp3) is 0.529. The number of fused-ring (bicyclic) bond motifs is 1. The Morgan fingerprint density at radius 2 is 1.91 bits per heavy atom. The molecule has 0 radical (unpaired) electrons. The van der Waals surface area contributed by atoms with Gasteiger partial charge in [0.1, 0.15) is 6.61 Å². The third kappa shape index (κ3) is 3.30. The van der Waals surface area contributed by atoms with E-state index in [0.717, 1.165) is 18.4 Å². The lowest BCUT2D eigenvalue weighted by Crippen LogP contribution is -2.38. The second-order valence-corrected chi connectivity index (χ2v) is 6.14. The third-order valence-electron chi connectivity index (χ3n) is 4.67. The lowest BCUT2D eigenvalue weighted by atomic mass is 10.1. The first-order valence-corrected chi connectivity index (χ1v) is 7.83. The van der Waals surface area contributed by atoms with Gasteiger partial charge in [0, 0.05) is 5.92 Å². The summed E-state index contributed by atoms with van der Waals surface area (Å²) in [7, 11) is 0. The predicted octanol–water partition coefficient (Wildman–Crippen LogP) is 1.25. The van der Waals surface area contributed by atoms with E-state index >= 15 is 0 Å². The van der Waals surface area contributed by atoms with Crippen LogP contribution in [-0.4, -0.2) is 29.6 Å². The van der Waals surface area contributed by atoms with E-state index in [0.29, 0.717) is 11.8 Å². The van der Waals surface area contributed by atoms with E-state index in [1.54, 1.807) is 0 Å². The van der Waals surface area contributed by atoms with Gasteiger partial charge in [-0.05, 0) is 30.2 Å². The first-order valence-electron chi connectivity index (χ1n) is 7.83. The monoisotopic (exact) mass is 303 g/mol. The van der Waals surface area contributed by atoms with Gasteiger partial charge in [-0.25, -0.2) is 4.79 Å². The van der Waals surface area contributed by atoms with Crippen molar-refractivity contribution in [2.75, 3.05) is 6.54 Å². The standard InChI is InChI=1S/C17H21NO4/c19-14(17(21)22-10-11-5-2-1-3-6-11)9-18-16(20)15-12-7-4-8-13(12)15/h1-3,5-6,12-15,19H,4,7-10H2,(H,18,20)/t12-,13+,14-,15?/m0/s1. The second-order valence-electron chi connectivity index (χ2n) is 6.14. The van der Waals surface area contributed by atoms with Gasteiger partial charge >= 0.3 is 5.97 Å². The fourth-order valence-corrected chi connectivity index (χ4v) is 3.43. The molecule has 22 heavy (non-hydrogen) atoms. The molecule has 4 atom stereocenters. The number of hydrogen-bond acceptors (Lipinski definition) is 4. The quantitative estimate of drug-likeness (QED) is 0.776. The summed E-state index contributed by atoms with van der Waals surface area (Å²) in [5, 5.41) is 12.4. The molecule has 5 heteroatoms. The minimum absolute atomic E-state index is 0.0374. The molecule has 0 aromatic heterocycles. The summed E-state index contributed by atoms with van der Waals surface area (Å²) >= 11 is 0. The number of carbonyl (C=O) groups excluding carboxylic acids is 2. The number of aliphatic hydroxyl groups is 1. The van der Waals surface area contributed by atoms with Crippen LogP contribution in [0.5, 0.6) is 0 Å². The first kappa shape index (κ1) is 15.0. The number of esters is 1. The molecule has 0 bridgehead atoms. The van der Waals surface area contributed by atoms with Gasteiger partial charge in [0.25, 0.3) is 0 Å². The largest absolute Gasteiger partial charge is 0.459 e. The smallest absolute Gasteiger partial charge is 0.337 e. The van der Waals surface area contributed by atoms with Crippen molar-refractivity contribution in [3.63, 3.8) is 0 Å². The highest BCUT2D eigenvalue weighted by molar-refractivity contribution is 5.83. The van der Waals surface area contributed by atoms with Gasteiger partial charge < -0.3 is 15.2 Å². The van der Waals surface area contributed by atoms with Gasteiger partial charge in [-0.3, -0.25) is 4.79 Å². The van der Waals surface area contributed by atoms with Crippen LogP contribution in [0.15, 0.2) is 30.3 Å². The molecule has 1 aromatic carbocycles. The van der Waals surface area contributed by atoms with Crippen molar-refractivity contribution in [2.45, 2.75) is 32.0 Å². The molecule has 2 N–H and O–H groups in total. The van der Waals surface area contributed by atoms with Crippen molar-refractivity contribution < 1.29 is 19.4 Å². The number of aliphatic hydroxyl groups excluding tert-OH is 1. The van der Waals surface area contributed by atoms with Crippen molar-refractivity contribution in [3.8, 4) is 0 Å². The maximum atomic E-state index is 12.0. The topological polar surface area (TPSA) is 75.6 Å². The molecule has 0 saturated heterocycles. The van der Waals surface area contributed by atoms with Gasteiger partial charge in [-0.2, -0.15) is 0 Å². The maximum absolute atomic E-state index is 12.0. The molecule has 1 amide bonds. The Morgan fingerprint density at radius 3 is 2.59 bits per heavy atom. The highest BCUT2D eigenvalue weighted by atomic mass is 16.5. The highest BCUT2D eigenvalue weighted by Crippen LogP contribution is 2.57. The van der Waals surface area contributed by atoms with Crippen LogP contribution >= 0.6 is 0 Å². The van der Waals surface area contributed by atoms with Gasteiger partial charge in [-0.15, -0.1) is 0 Å². The second kappa shape index (κ2) is 6.48. The summed E-state index contributed by atoms with van der Waals surface area (Å²) in [4.78, 5) is 23.6. The summed E-state index contributed by atoms with van der Waals surface area (Å²) in [5.41, 5.74) is 0.859. The van der Waals surface area contributed by atoms with Crippen molar-refractivity contribution in [1.29, 1.82) is 0 Å². The summed E-state index contributed by atoms with van der Waals surface area (Å²) in [6, 6.07) is 9.27. The molecule has 3 rings (SSSR count). The van der Waals surface area contributed by atoms with Crippen LogP contribution in [0.25, 0.3) is 0 Å². The molecule has 118 valence electrons. The van der Waals surface area contributed by atoms with E-state index in [9.17, 15) is 14.7 Å². The lowest BCUT2D eigenvalue weighted by Gasteiger charge is -2.12. The van der Waals surface area contributed by atoms with Crippen molar-refractivity contribution >= 4 is 11.9 Å². The van der Waals surface area contributed by atoms with Gasteiger partial charge in [0.05, 0.1) is 6.54 Å². The van der Waals surface area contributed by atoms with Gasteiger partial charge in [0.2, 0.25) is 5.91 Å². The molecule has 2 fully saturated rings. The van der Waals surface area contributed by atoms with Crippen LogP contribution < -0.4 is 5.32 Å². The van der Waals surface area contributed by atoms with Crippen molar-refractivity contribution in [2.24, 2.45) is 17.8 Å². The Bertz CT molecular complexity index is 535. The summed E-state index contributed by atoms with van der Waals surface area (Å²) in [6.07, 6.45) is 2.16. The molecule has 2 aliphatic rings. The van der Waals surface area contributed by atoms with Crippen molar-refractivity contribution in [3.05, 3.63) is 35.9 Å². The molecular formula is C17H21NO4. The van der Waals surface area contributed by atoms with Gasteiger partial charge in [-0.1, -0.05) is 36.8 Å². The lowest BCUT2D eigenvalue weighted by molar-refractivity contribution is -0.154. The average molecular weight is 303 g/mol. The Labute approximate surface area is 129 Å². The molecule has 1 aromatic rings. The van der Waals surface area contributed by atoms with Crippen LogP contribution in [-0.2, 0) is 20.9 Å². The van der Waals surface area contributed by atoms with Crippen LogP contribution in [0.4, 0.5) is 0 Å². The number of ether oxygens (including phenoxy) is 1. The SMILES string of the molecule is O=C(NC[C@H](O)C(=O)OCc1ccccc1)C1[C@H]2CCC[C@@H]12. The number of amides is 1. The summed E-state index contributed by atoms with van der Waals surface area (Å²) in [5.74, 6) is 0.412. The fourth-order valence-electron chi connectivity index (χ4n) is 3.43. The molecule has 0 heterocycles. The van der Waals surface area contributed by atoms with E-state index in [-0.39, 0.29) is 25.0 Å². The summed E-state index contributed by atoms with van der Waals surface area (Å²) < 4.78 is 5.03. The van der Waals surface area contributed by atoms with E-state index in [1.807, 2.05) is 30.3 Å². The zero-order chi connectivity index (χ0) is 15.5. The number of hydrogen-bond donors (Lipinski definition) is 2. The maximum Gasteiger partial charge on any atom is 0.337 e. The third-order valence-corrected chi connectivity index (χ3v) is 4.67. The molecule has 2 aliphatic carbocycles. The zero-order valence-corrected chi connectivity index (χ0v) is 12.4. The molecular weight excluding hydrogens is 282 g/mol. The van der Waals surface area contributed by atoms with Crippen LogP contribution in [0.3, 0.4) is 0 Å². The number of nitrogens with one attached hydrogen (secondary N) is 1. The normalized spacial score (nSPS) is 26.9. The Morgan fingerprint density at radius 1 is 1.23 bits per heavy atom. The van der Waals surface area contributed by atoms with E-state index in [1.165, 1.54) is 6.42 Å².